The maximum absolute atomic E-state index is 8.87. The van der Waals surface area contributed by atoms with Crippen molar-refractivity contribution in [1.82, 2.24) is 0 Å². The van der Waals surface area contributed by atoms with Crippen LogP contribution in [0.25, 0.3) is 0 Å². The second kappa shape index (κ2) is 6.03. The summed E-state index contributed by atoms with van der Waals surface area (Å²) < 4.78 is 0. The van der Waals surface area contributed by atoms with Crippen LogP contribution in [0.5, 0.6) is 0 Å². The fourth-order valence-corrected chi connectivity index (χ4v) is 2.78. The molecule has 1 aromatic heterocycles. The first-order valence-corrected chi connectivity index (χ1v) is 7.03. The van der Waals surface area contributed by atoms with Crippen molar-refractivity contribution < 1.29 is 5.11 Å². The van der Waals surface area contributed by atoms with Gasteiger partial charge in [-0.05, 0) is 50.1 Å². The lowest BCUT2D eigenvalue weighted by atomic mass is 10.1. The molecular weight excluding hydrogens is 242 g/mol. The summed E-state index contributed by atoms with van der Waals surface area (Å²) in [6.45, 7) is 4.51. The number of aliphatic hydroxyl groups excluding tert-OH is 1. The lowest BCUT2D eigenvalue weighted by Crippen LogP contribution is -2.04. The molecule has 0 aliphatic rings. The van der Waals surface area contributed by atoms with Crippen LogP contribution < -0.4 is 5.32 Å². The second-order valence-corrected chi connectivity index (χ2v) is 5.80. The van der Waals surface area contributed by atoms with Crippen molar-refractivity contribution >= 4 is 17.0 Å². The van der Waals surface area contributed by atoms with E-state index in [4.69, 9.17) is 5.11 Å². The van der Waals surface area contributed by atoms with Gasteiger partial charge in [0.2, 0.25) is 0 Å². The minimum Gasteiger partial charge on any atom is -0.396 e. The largest absolute Gasteiger partial charge is 0.396 e. The quantitative estimate of drug-likeness (QED) is 0.859. The van der Waals surface area contributed by atoms with E-state index < -0.39 is 0 Å². The number of hydrogen-bond donors (Lipinski definition) is 2. The molecule has 0 spiro atoms. The molecule has 18 heavy (non-hydrogen) atoms. The molecule has 1 heterocycles. The van der Waals surface area contributed by atoms with E-state index in [1.165, 1.54) is 15.3 Å². The average Bonchev–Trinajstić information content (AvgIpc) is 2.79. The van der Waals surface area contributed by atoms with E-state index in [1.807, 2.05) is 11.3 Å². The normalized spacial score (nSPS) is 12.4. The summed E-state index contributed by atoms with van der Waals surface area (Å²) in [5.41, 5.74) is 2.29. The summed E-state index contributed by atoms with van der Waals surface area (Å²) in [5, 5.41) is 12.4. The second-order valence-electron chi connectivity index (χ2n) is 4.48. The predicted molar refractivity (Wildman–Crippen MR) is 78.3 cm³/mol. The first-order valence-electron chi connectivity index (χ1n) is 6.21. The van der Waals surface area contributed by atoms with E-state index in [1.54, 1.807) is 0 Å². The molecule has 2 aromatic rings. The van der Waals surface area contributed by atoms with Gasteiger partial charge in [0.25, 0.3) is 0 Å². The van der Waals surface area contributed by atoms with Crippen molar-refractivity contribution in [3.05, 3.63) is 51.7 Å². The first kappa shape index (κ1) is 13.1. The zero-order valence-electron chi connectivity index (χ0n) is 10.8. The van der Waals surface area contributed by atoms with Gasteiger partial charge in [0, 0.05) is 22.0 Å². The van der Waals surface area contributed by atoms with Gasteiger partial charge in [-0.1, -0.05) is 12.1 Å². The molecule has 2 N–H and O–H groups in total. The van der Waals surface area contributed by atoms with Crippen LogP contribution in [0.3, 0.4) is 0 Å². The zero-order valence-corrected chi connectivity index (χ0v) is 11.6. The fraction of sp³-hybridized carbons (Fsp3) is 0.333. The number of anilines is 1. The molecule has 0 bridgehead atoms. The van der Waals surface area contributed by atoms with Crippen molar-refractivity contribution in [1.29, 1.82) is 0 Å². The third kappa shape index (κ3) is 3.34. The third-order valence-electron chi connectivity index (χ3n) is 2.93. The van der Waals surface area contributed by atoms with Crippen LogP contribution in [-0.4, -0.2) is 11.7 Å². The highest BCUT2D eigenvalue weighted by Gasteiger charge is 2.07. The van der Waals surface area contributed by atoms with E-state index in [0.29, 0.717) is 6.04 Å². The fourth-order valence-electron chi connectivity index (χ4n) is 1.90. The first-order chi connectivity index (χ1) is 8.69. The number of thiophene rings is 1. The molecule has 1 atom stereocenters. The molecule has 0 aliphatic carbocycles. The molecule has 2 nitrogen and oxygen atoms in total. The monoisotopic (exact) mass is 261 g/mol. The Balaban J connectivity index is 2.00. The van der Waals surface area contributed by atoms with E-state index in [0.717, 1.165) is 12.1 Å². The highest BCUT2D eigenvalue weighted by molar-refractivity contribution is 7.12. The zero-order chi connectivity index (χ0) is 13.0. The van der Waals surface area contributed by atoms with Gasteiger partial charge in [0.05, 0.1) is 6.04 Å². The van der Waals surface area contributed by atoms with E-state index in [-0.39, 0.29) is 6.61 Å². The number of aryl methyl sites for hydroxylation is 1. The Morgan fingerprint density at radius 3 is 2.44 bits per heavy atom. The van der Waals surface area contributed by atoms with Gasteiger partial charge in [-0.3, -0.25) is 0 Å². The van der Waals surface area contributed by atoms with Crippen molar-refractivity contribution in [2.45, 2.75) is 26.3 Å². The van der Waals surface area contributed by atoms with Crippen LogP contribution >= 0.6 is 11.3 Å². The summed E-state index contributed by atoms with van der Waals surface area (Å²) >= 11 is 1.83. The summed E-state index contributed by atoms with van der Waals surface area (Å²) in [6, 6.07) is 12.9. The molecule has 0 saturated carbocycles. The van der Waals surface area contributed by atoms with Crippen LogP contribution in [0, 0.1) is 6.92 Å². The summed E-state index contributed by atoms with van der Waals surface area (Å²) in [5.74, 6) is 0. The number of benzene rings is 1. The van der Waals surface area contributed by atoms with Gasteiger partial charge in [-0.2, -0.15) is 0 Å². The smallest absolute Gasteiger partial charge is 0.0578 e. The van der Waals surface area contributed by atoms with Gasteiger partial charge < -0.3 is 10.4 Å². The Kier molecular flexibility index (Phi) is 4.39. The van der Waals surface area contributed by atoms with E-state index in [2.05, 4.69) is 55.6 Å². The molecule has 0 aliphatic heterocycles. The van der Waals surface area contributed by atoms with Crippen LogP contribution in [-0.2, 0) is 6.42 Å². The van der Waals surface area contributed by atoms with Crippen molar-refractivity contribution in [2.75, 3.05) is 11.9 Å². The Morgan fingerprint density at radius 1 is 1.17 bits per heavy atom. The van der Waals surface area contributed by atoms with Crippen molar-refractivity contribution in [2.24, 2.45) is 0 Å². The van der Waals surface area contributed by atoms with Gasteiger partial charge >= 0.3 is 0 Å². The molecule has 1 unspecified atom stereocenters. The van der Waals surface area contributed by atoms with Crippen molar-refractivity contribution in [3.8, 4) is 0 Å². The Labute approximate surface area is 112 Å². The lowest BCUT2D eigenvalue weighted by Gasteiger charge is -2.14. The lowest BCUT2D eigenvalue weighted by molar-refractivity contribution is 0.299. The highest BCUT2D eigenvalue weighted by Crippen LogP contribution is 2.25. The number of nitrogens with one attached hydrogen (secondary N) is 1. The summed E-state index contributed by atoms with van der Waals surface area (Å²) in [6.07, 6.45) is 0.722. The number of rotatable bonds is 5. The predicted octanol–water partition coefficient (Wildman–Crippen LogP) is 3.76. The molecule has 2 rings (SSSR count). The molecule has 0 amide bonds. The minimum absolute atomic E-state index is 0.206. The topological polar surface area (TPSA) is 32.3 Å². The third-order valence-corrected chi connectivity index (χ3v) is 4.11. The molecule has 1 aromatic carbocycles. The molecule has 3 heteroatoms. The molecular formula is C15H19NOS. The van der Waals surface area contributed by atoms with Crippen LogP contribution in [0.4, 0.5) is 5.69 Å². The maximum atomic E-state index is 8.87. The maximum Gasteiger partial charge on any atom is 0.0578 e. The van der Waals surface area contributed by atoms with Gasteiger partial charge in [0.1, 0.15) is 0 Å². The Hall–Kier alpha value is -1.32. The summed E-state index contributed by atoms with van der Waals surface area (Å²) in [4.78, 5) is 2.70. The standard InChI is InChI=1S/C15H19NOS/c1-11-3-8-15(18-11)12(2)16-14-6-4-13(5-7-14)9-10-17/h3-8,12,16-17H,9-10H2,1-2H3. The number of aliphatic hydroxyl groups is 1. The van der Waals surface area contributed by atoms with Gasteiger partial charge in [-0.15, -0.1) is 11.3 Å². The highest BCUT2D eigenvalue weighted by atomic mass is 32.1. The molecule has 0 saturated heterocycles. The van der Waals surface area contributed by atoms with Crippen LogP contribution in [0.2, 0.25) is 0 Å². The van der Waals surface area contributed by atoms with Gasteiger partial charge in [0.15, 0.2) is 0 Å². The SMILES string of the molecule is Cc1ccc(C(C)Nc2ccc(CCO)cc2)s1. The van der Waals surface area contributed by atoms with E-state index in [9.17, 15) is 0 Å². The van der Waals surface area contributed by atoms with Crippen LogP contribution in [0.15, 0.2) is 36.4 Å². The van der Waals surface area contributed by atoms with E-state index >= 15 is 0 Å². The average molecular weight is 261 g/mol. The van der Waals surface area contributed by atoms with Crippen LogP contribution in [0.1, 0.15) is 28.3 Å². The Morgan fingerprint density at radius 2 is 1.89 bits per heavy atom. The van der Waals surface area contributed by atoms with Gasteiger partial charge in [-0.25, -0.2) is 0 Å². The van der Waals surface area contributed by atoms with Crippen molar-refractivity contribution in [3.63, 3.8) is 0 Å². The molecule has 0 fully saturated rings. The molecule has 96 valence electrons. The Bertz CT molecular complexity index is 489. The number of hydrogen-bond acceptors (Lipinski definition) is 3. The molecule has 0 radical (unpaired) electrons. The minimum atomic E-state index is 0.206. The summed E-state index contributed by atoms with van der Waals surface area (Å²) in [7, 11) is 0.